The summed E-state index contributed by atoms with van der Waals surface area (Å²) in [4.78, 5) is 7.54. The molecule has 0 aliphatic carbocycles. The third kappa shape index (κ3) is 1.76. The summed E-state index contributed by atoms with van der Waals surface area (Å²) in [5.74, 6) is 0. The molecule has 2 heteroatoms. The number of allylic oxidation sites excluding steroid dienone is 2. The summed E-state index contributed by atoms with van der Waals surface area (Å²) >= 11 is 0. The van der Waals surface area contributed by atoms with Gasteiger partial charge in [-0.2, -0.15) is 0 Å². The molecule has 2 nitrogen and oxygen atoms in total. The van der Waals surface area contributed by atoms with Crippen LogP contribution in [0.25, 0.3) is 5.70 Å². The largest absolute Gasteiger partial charge is 0.360 e. The average molecular weight is 184 g/mol. The average Bonchev–Trinajstić information content (AvgIpc) is 2.46. The molecule has 2 heterocycles. The van der Waals surface area contributed by atoms with E-state index in [4.69, 9.17) is 0 Å². The first kappa shape index (κ1) is 8.79. The van der Waals surface area contributed by atoms with Gasteiger partial charge in [0.2, 0.25) is 0 Å². The summed E-state index contributed by atoms with van der Waals surface area (Å²) in [6.07, 6.45) is 7.65. The lowest BCUT2D eigenvalue weighted by atomic mass is 10.2. The van der Waals surface area contributed by atoms with Gasteiger partial charge in [0, 0.05) is 18.0 Å². The summed E-state index contributed by atoms with van der Waals surface area (Å²) < 4.78 is 0. The monoisotopic (exact) mass is 184 g/mol. The Morgan fingerprint density at radius 1 is 1.36 bits per heavy atom. The Morgan fingerprint density at radius 3 is 2.93 bits per heavy atom. The maximum Gasteiger partial charge on any atom is 0.0870 e. The van der Waals surface area contributed by atoms with Gasteiger partial charge in [0.15, 0.2) is 0 Å². The molecular weight excluding hydrogens is 172 g/mol. The first-order valence-electron chi connectivity index (χ1n) is 4.59. The second kappa shape index (κ2) is 3.52. The van der Waals surface area contributed by atoms with Crippen molar-refractivity contribution in [3.63, 3.8) is 0 Å². The molecular formula is C12H12N2. The van der Waals surface area contributed by atoms with Gasteiger partial charge in [-0.3, -0.25) is 4.99 Å². The summed E-state index contributed by atoms with van der Waals surface area (Å²) in [6.45, 7) is 4.04. The van der Waals surface area contributed by atoms with E-state index in [9.17, 15) is 0 Å². The van der Waals surface area contributed by atoms with Gasteiger partial charge in [0.25, 0.3) is 0 Å². The highest BCUT2D eigenvalue weighted by atomic mass is 14.8. The lowest BCUT2D eigenvalue weighted by Crippen LogP contribution is -1.81. The third-order valence-electron chi connectivity index (χ3n) is 2.05. The number of aryl methyl sites for hydroxylation is 1. The standard InChI is InChI=1S/C12H12N2/c1-9-4-3-5-11(13-7-9)12-6-10(2)8-14-12/h3,5-8,14H,1-2H3. The van der Waals surface area contributed by atoms with Gasteiger partial charge in [-0.1, -0.05) is 0 Å². The van der Waals surface area contributed by atoms with Crippen molar-refractivity contribution in [2.24, 2.45) is 4.99 Å². The molecule has 70 valence electrons. The number of rotatable bonds is 1. The quantitative estimate of drug-likeness (QED) is 0.650. The Labute approximate surface area is 83.4 Å². The van der Waals surface area contributed by atoms with Crippen LogP contribution in [0.4, 0.5) is 0 Å². The fraction of sp³-hybridized carbons (Fsp3) is 0.167. The van der Waals surface area contributed by atoms with Crippen LogP contribution in [-0.4, -0.2) is 11.2 Å². The number of aromatic nitrogens is 1. The molecule has 0 radical (unpaired) electrons. The fourth-order valence-electron chi connectivity index (χ4n) is 1.31. The molecule has 0 aromatic carbocycles. The number of nitrogens with one attached hydrogen (secondary N) is 1. The first-order valence-corrected chi connectivity index (χ1v) is 4.59. The van der Waals surface area contributed by atoms with Crippen molar-refractivity contribution >= 4 is 11.9 Å². The number of H-pyrrole nitrogens is 1. The summed E-state index contributed by atoms with van der Waals surface area (Å²) in [5.41, 5.74) is 7.36. The van der Waals surface area contributed by atoms with E-state index in [0.717, 1.165) is 17.0 Å². The molecule has 0 fully saturated rings. The van der Waals surface area contributed by atoms with Gasteiger partial charge >= 0.3 is 0 Å². The highest BCUT2D eigenvalue weighted by molar-refractivity contribution is 5.85. The van der Waals surface area contributed by atoms with E-state index < -0.39 is 0 Å². The summed E-state index contributed by atoms with van der Waals surface area (Å²) in [7, 11) is 0. The minimum Gasteiger partial charge on any atom is -0.360 e. The van der Waals surface area contributed by atoms with Crippen molar-refractivity contribution in [1.82, 2.24) is 4.98 Å². The smallest absolute Gasteiger partial charge is 0.0870 e. The molecule has 1 N–H and O–H groups in total. The molecule has 0 atom stereocenters. The molecule has 0 saturated carbocycles. The van der Waals surface area contributed by atoms with Crippen molar-refractivity contribution < 1.29 is 0 Å². The van der Waals surface area contributed by atoms with Crippen LogP contribution >= 0.6 is 0 Å². The number of hydrogen-bond acceptors (Lipinski definition) is 1. The molecule has 0 saturated heterocycles. The molecule has 1 aromatic rings. The second-order valence-corrected chi connectivity index (χ2v) is 3.39. The molecule has 0 amide bonds. The van der Waals surface area contributed by atoms with E-state index in [0.29, 0.717) is 0 Å². The normalized spacial score (nSPS) is 15.0. The Balaban J connectivity index is 2.35. The molecule has 14 heavy (non-hydrogen) atoms. The SMILES string of the molecule is CC1=C=CC=C(c2cc(C)c[nH]2)N=C1. The highest BCUT2D eigenvalue weighted by Gasteiger charge is 2.01. The van der Waals surface area contributed by atoms with E-state index in [1.54, 1.807) is 0 Å². The zero-order chi connectivity index (χ0) is 9.97. The van der Waals surface area contributed by atoms with Crippen LogP contribution in [-0.2, 0) is 0 Å². The Bertz CT molecular complexity index is 466. The van der Waals surface area contributed by atoms with E-state index in [1.165, 1.54) is 5.56 Å². The summed E-state index contributed by atoms with van der Waals surface area (Å²) in [6, 6.07) is 2.08. The molecule has 1 aliphatic rings. The van der Waals surface area contributed by atoms with Crippen LogP contribution in [0.15, 0.2) is 40.7 Å². The topological polar surface area (TPSA) is 28.1 Å². The van der Waals surface area contributed by atoms with Gasteiger partial charge in [-0.05, 0) is 37.6 Å². The van der Waals surface area contributed by atoms with Crippen molar-refractivity contribution in [2.45, 2.75) is 13.8 Å². The predicted molar refractivity (Wildman–Crippen MR) is 59.3 cm³/mol. The molecule has 0 unspecified atom stereocenters. The van der Waals surface area contributed by atoms with Crippen LogP contribution in [0.2, 0.25) is 0 Å². The zero-order valence-corrected chi connectivity index (χ0v) is 8.33. The Morgan fingerprint density at radius 2 is 2.21 bits per heavy atom. The van der Waals surface area contributed by atoms with E-state index in [1.807, 2.05) is 31.5 Å². The van der Waals surface area contributed by atoms with Crippen molar-refractivity contribution in [3.8, 4) is 0 Å². The van der Waals surface area contributed by atoms with Crippen LogP contribution in [0.1, 0.15) is 18.2 Å². The Kier molecular flexibility index (Phi) is 2.21. The maximum absolute atomic E-state index is 4.36. The van der Waals surface area contributed by atoms with E-state index in [2.05, 4.69) is 28.7 Å². The zero-order valence-electron chi connectivity index (χ0n) is 8.33. The maximum atomic E-state index is 4.36. The molecule has 0 bridgehead atoms. The van der Waals surface area contributed by atoms with Gasteiger partial charge < -0.3 is 4.98 Å². The second-order valence-electron chi connectivity index (χ2n) is 3.39. The van der Waals surface area contributed by atoms with Gasteiger partial charge in [-0.15, -0.1) is 5.73 Å². The fourth-order valence-corrected chi connectivity index (χ4v) is 1.31. The Hall–Kier alpha value is -1.79. The molecule has 1 aliphatic heterocycles. The first-order chi connectivity index (χ1) is 6.75. The van der Waals surface area contributed by atoms with Crippen LogP contribution in [0, 0.1) is 6.92 Å². The minimum absolute atomic E-state index is 0.947. The number of nitrogens with zero attached hydrogens (tertiary/aromatic N) is 1. The van der Waals surface area contributed by atoms with Crippen LogP contribution in [0.5, 0.6) is 0 Å². The van der Waals surface area contributed by atoms with Gasteiger partial charge in [-0.25, -0.2) is 0 Å². The van der Waals surface area contributed by atoms with Crippen LogP contribution < -0.4 is 0 Å². The third-order valence-corrected chi connectivity index (χ3v) is 2.05. The van der Waals surface area contributed by atoms with Crippen molar-refractivity contribution in [2.75, 3.05) is 0 Å². The summed E-state index contributed by atoms with van der Waals surface area (Å²) in [5, 5.41) is 0. The molecule has 1 aromatic heterocycles. The molecule has 2 rings (SSSR count). The van der Waals surface area contributed by atoms with Gasteiger partial charge in [0.05, 0.1) is 11.4 Å². The van der Waals surface area contributed by atoms with E-state index in [-0.39, 0.29) is 0 Å². The van der Waals surface area contributed by atoms with Crippen LogP contribution in [0.3, 0.4) is 0 Å². The lowest BCUT2D eigenvalue weighted by Gasteiger charge is -1.94. The van der Waals surface area contributed by atoms with Gasteiger partial charge in [0.1, 0.15) is 0 Å². The van der Waals surface area contributed by atoms with Crippen molar-refractivity contribution in [3.05, 3.63) is 47.0 Å². The van der Waals surface area contributed by atoms with Crippen molar-refractivity contribution in [1.29, 1.82) is 0 Å². The molecule has 0 spiro atoms. The minimum atomic E-state index is 0.947. The number of hydrogen-bond donors (Lipinski definition) is 1. The van der Waals surface area contributed by atoms with E-state index >= 15 is 0 Å². The lowest BCUT2D eigenvalue weighted by molar-refractivity contribution is 1.32. The predicted octanol–water partition coefficient (Wildman–Crippen LogP) is 2.85. The number of aromatic amines is 1. The number of aliphatic imine (C=N–C) groups is 1. The highest BCUT2D eigenvalue weighted by Crippen LogP contribution is 2.16.